The fourth-order valence-electron chi connectivity index (χ4n) is 0.651. The highest BCUT2D eigenvalue weighted by molar-refractivity contribution is 5.79. The van der Waals surface area contributed by atoms with E-state index in [9.17, 15) is 4.79 Å². The van der Waals surface area contributed by atoms with E-state index < -0.39 is 0 Å². The third-order valence-electron chi connectivity index (χ3n) is 1.24. The molecule has 0 amide bonds. The van der Waals surface area contributed by atoms with Gasteiger partial charge in [0.15, 0.2) is 5.78 Å². The maximum absolute atomic E-state index is 10.4. The van der Waals surface area contributed by atoms with Crippen molar-refractivity contribution >= 4 is 5.78 Å². The van der Waals surface area contributed by atoms with Crippen molar-refractivity contribution in [1.29, 1.82) is 0 Å². The molecule has 0 aliphatic heterocycles. The van der Waals surface area contributed by atoms with Crippen molar-refractivity contribution in [2.45, 2.75) is 32.6 Å². The van der Waals surface area contributed by atoms with Gasteiger partial charge in [-0.05, 0) is 6.42 Å². The highest BCUT2D eigenvalue weighted by Gasteiger charge is 1.96. The minimum Gasteiger partial charge on any atom is -0.389 e. The molecule has 0 aliphatic rings. The minimum atomic E-state index is -0.288. The molecule has 0 atom stereocenters. The summed E-state index contributed by atoms with van der Waals surface area (Å²) in [6.45, 7) is 1.80. The van der Waals surface area contributed by atoms with Crippen LogP contribution >= 0.6 is 0 Å². The molecule has 0 radical (unpaired) electrons. The molecule has 2 heteroatoms. The van der Waals surface area contributed by atoms with Gasteiger partial charge in [-0.15, -0.1) is 0 Å². The lowest BCUT2D eigenvalue weighted by Crippen LogP contribution is -2.02. The van der Waals surface area contributed by atoms with Crippen LogP contribution in [0.15, 0.2) is 0 Å². The normalized spacial score (nSPS) is 9.56. The van der Waals surface area contributed by atoms with Crippen LogP contribution in [0.25, 0.3) is 0 Å². The van der Waals surface area contributed by atoms with Gasteiger partial charge in [0.25, 0.3) is 0 Å². The van der Waals surface area contributed by atoms with Crippen LogP contribution in [0, 0.1) is 0 Å². The highest BCUT2D eigenvalue weighted by Crippen LogP contribution is 1.98. The van der Waals surface area contributed by atoms with E-state index >= 15 is 0 Å². The Labute approximate surface area is 55.9 Å². The Morgan fingerprint density at radius 3 is 2.56 bits per heavy atom. The van der Waals surface area contributed by atoms with E-state index in [1.807, 2.05) is 0 Å². The second kappa shape index (κ2) is 5.76. The topological polar surface area (TPSA) is 37.3 Å². The number of hydrogen-bond donors (Lipinski definition) is 1. The van der Waals surface area contributed by atoms with Gasteiger partial charge in [0, 0.05) is 6.42 Å². The van der Waals surface area contributed by atoms with Crippen LogP contribution in [0.1, 0.15) is 32.6 Å². The zero-order chi connectivity index (χ0) is 7.11. The van der Waals surface area contributed by atoms with Crippen molar-refractivity contribution in [3.63, 3.8) is 0 Å². The molecule has 54 valence electrons. The first kappa shape index (κ1) is 8.63. The van der Waals surface area contributed by atoms with E-state index in [0.717, 1.165) is 19.3 Å². The molecule has 0 rings (SSSR count). The molecule has 0 heterocycles. The second-order valence-electron chi connectivity index (χ2n) is 2.15. The Bertz CT molecular complexity index is 79.0. The standard InChI is InChI=1S/C7H14O2/c1-2-3-4-5-7(9)6-8/h8H,2-6H2,1H3. The van der Waals surface area contributed by atoms with Gasteiger partial charge in [-0.25, -0.2) is 0 Å². The first-order chi connectivity index (χ1) is 4.31. The minimum absolute atomic E-state index is 0.0385. The largest absolute Gasteiger partial charge is 0.389 e. The molecule has 0 unspecified atom stereocenters. The molecule has 9 heavy (non-hydrogen) atoms. The van der Waals surface area contributed by atoms with Gasteiger partial charge >= 0.3 is 0 Å². The Morgan fingerprint density at radius 2 is 2.11 bits per heavy atom. The van der Waals surface area contributed by atoms with E-state index in [-0.39, 0.29) is 12.4 Å². The number of Topliss-reactive ketones (excluding diaryl/α,β-unsaturated/α-hetero) is 1. The molecule has 0 aromatic carbocycles. The Morgan fingerprint density at radius 1 is 1.44 bits per heavy atom. The van der Waals surface area contributed by atoms with E-state index in [4.69, 9.17) is 5.11 Å². The monoisotopic (exact) mass is 130 g/mol. The van der Waals surface area contributed by atoms with Gasteiger partial charge < -0.3 is 5.11 Å². The molecular formula is C7H14O2. The maximum atomic E-state index is 10.4. The van der Waals surface area contributed by atoms with Gasteiger partial charge in [0.2, 0.25) is 0 Å². The summed E-state index contributed by atoms with van der Waals surface area (Å²) < 4.78 is 0. The molecule has 0 spiro atoms. The number of carbonyl (C=O) groups is 1. The third-order valence-corrected chi connectivity index (χ3v) is 1.24. The summed E-state index contributed by atoms with van der Waals surface area (Å²) in [4.78, 5) is 10.4. The van der Waals surface area contributed by atoms with Gasteiger partial charge in [-0.3, -0.25) is 4.79 Å². The van der Waals surface area contributed by atoms with Gasteiger partial charge in [0.05, 0.1) is 0 Å². The zero-order valence-electron chi connectivity index (χ0n) is 5.89. The van der Waals surface area contributed by atoms with Crippen molar-refractivity contribution in [2.75, 3.05) is 6.61 Å². The van der Waals surface area contributed by atoms with Crippen molar-refractivity contribution in [1.82, 2.24) is 0 Å². The molecule has 0 aliphatic carbocycles. The SMILES string of the molecule is CCCCCC(=O)CO. The van der Waals surface area contributed by atoms with Crippen LogP contribution < -0.4 is 0 Å². The fourth-order valence-corrected chi connectivity index (χ4v) is 0.651. The lowest BCUT2D eigenvalue weighted by atomic mass is 10.1. The van der Waals surface area contributed by atoms with Gasteiger partial charge in [-0.1, -0.05) is 19.8 Å². The molecule has 0 saturated carbocycles. The number of carbonyl (C=O) groups excluding carboxylic acids is 1. The van der Waals surface area contributed by atoms with E-state index in [2.05, 4.69) is 6.92 Å². The average molecular weight is 130 g/mol. The molecule has 0 aromatic heterocycles. The smallest absolute Gasteiger partial charge is 0.158 e. The first-order valence-electron chi connectivity index (χ1n) is 3.43. The molecule has 1 N–H and O–H groups in total. The van der Waals surface area contributed by atoms with Crippen LogP contribution in [-0.2, 0) is 4.79 Å². The zero-order valence-corrected chi connectivity index (χ0v) is 5.89. The summed E-state index contributed by atoms with van der Waals surface area (Å²) in [6.07, 6.45) is 3.69. The average Bonchev–Trinajstić information content (AvgIpc) is 1.89. The number of ketones is 1. The molecule has 2 nitrogen and oxygen atoms in total. The van der Waals surface area contributed by atoms with Crippen LogP contribution in [0.3, 0.4) is 0 Å². The van der Waals surface area contributed by atoms with Crippen molar-refractivity contribution in [2.24, 2.45) is 0 Å². The van der Waals surface area contributed by atoms with Gasteiger partial charge in [-0.2, -0.15) is 0 Å². The molecule has 0 fully saturated rings. The summed E-state index contributed by atoms with van der Waals surface area (Å²) in [7, 11) is 0. The Balaban J connectivity index is 2.97. The summed E-state index contributed by atoms with van der Waals surface area (Å²) in [5.74, 6) is -0.0385. The van der Waals surface area contributed by atoms with Crippen LogP contribution in [0.4, 0.5) is 0 Å². The summed E-state index contributed by atoms with van der Waals surface area (Å²) in [5.41, 5.74) is 0. The number of hydrogen-bond acceptors (Lipinski definition) is 2. The van der Waals surface area contributed by atoms with Crippen molar-refractivity contribution < 1.29 is 9.90 Å². The second-order valence-corrected chi connectivity index (χ2v) is 2.15. The van der Waals surface area contributed by atoms with E-state index in [0.29, 0.717) is 6.42 Å². The lowest BCUT2D eigenvalue weighted by molar-refractivity contribution is -0.121. The van der Waals surface area contributed by atoms with E-state index in [1.54, 1.807) is 0 Å². The number of aliphatic hydroxyl groups is 1. The lowest BCUT2D eigenvalue weighted by Gasteiger charge is -1.93. The summed E-state index contributed by atoms with van der Waals surface area (Å²) in [6, 6.07) is 0. The van der Waals surface area contributed by atoms with Crippen LogP contribution in [0.5, 0.6) is 0 Å². The van der Waals surface area contributed by atoms with Crippen molar-refractivity contribution in [3.8, 4) is 0 Å². The Hall–Kier alpha value is -0.370. The molecule has 0 saturated heterocycles. The Kier molecular flexibility index (Phi) is 5.52. The first-order valence-corrected chi connectivity index (χ1v) is 3.43. The molecule has 0 aromatic rings. The number of unbranched alkanes of at least 4 members (excludes halogenated alkanes) is 2. The van der Waals surface area contributed by atoms with Crippen LogP contribution in [0.2, 0.25) is 0 Å². The van der Waals surface area contributed by atoms with E-state index in [1.165, 1.54) is 0 Å². The predicted octanol–water partition coefficient (Wildman–Crippen LogP) is 1.13. The third kappa shape index (κ3) is 5.50. The van der Waals surface area contributed by atoms with Crippen molar-refractivity contribution in [3.05, 3.63) is 0 Å². The molecular weight excluding hydrogens is 116 g/mol. The highest BCUT2D eigenvalue weighted by atomic mass is 16.3. The van der Waals surface area contributed by atoms with Gasteiger partial charge in [0.1, 0.15) is 6.61 Å². The maximum Gasteiger partial charge on any atom is 0.158 e. The fraction of sp³-hybridized carbons (Fsp3) is 0.857. The predicted molar refractivity (Wildman–Crippen MR) is 36.2 cm³/mol. The quantitative estimate of drug-likeness (QED) is 0.566. The summed E-state index contributed by atoms with van der Waals surface area (Å²) >= 11 is 0. The number of rotatable bonds is 5. The summed E-state index contributed by atoms with van der Waals surface area (Å²) in [5, 5.41) is 8.28. The molecule has 0 bridgehead atoms. The van der Waals surface area contributed by atoms with Crippen LogP contribution in [-0.4, -0.2) is 17.5 Å². The number of aliphatic hydroxyl groups excluding tert-OH is 1.